The Labute approximate surface area is 107 Å². The maximum absolute atomic E-state index is 11.7. The predicted octanol–water partition coefficient (Wildman–Crippen LogP) is 1.18. The number of rotatable bonds is 3. The minimum Gasteiger partial charge on any atom is -0.508 e. The first-order chi connectivity index (χ1) is 7.75. The van der Waals surface area contributed by atoms with E-state index in [9.17, 15) is 9.90 Å². The molecule has 1 heterocycles. The Balaban J connectivity index is 0.00000144. The number of hydrogen-bond acceptors (Lipinski definition) is 3. The van der Waals surface area contributed by atoms with E-state index in [4.69, 9.17) is 0 Å². The van der Waals surface area contributed by atoms with Gasteiger partial charge in [0.2, 0.25) is 5.91 Å². The number of carbonyl (C=O) groups is 1. The maximum atomic E-state index is 11.7. The van der Waals surface area contributed by atoms with E-state index in [2.05, 4.69) is 10.6 Å². The van der Waals surface area contributed by atoms with E-state index >= 15 is 0 Å². The summed E-state index contributed by atoms with van der Waals surface area (Å²) in [6.45, 7) is 1.38. The molecule has 1 amide bonds. The second kappa shape index (κ2) is 6.47. The predicted molar refractivity (Wildman–Crippen MR) is 68.2 cm³/mol. The average molecular weight is 257 g/mol. The van der Waals surface area contributed by atoms with Gasteiger partial charge >= 0.3 is 0 Å². The summed E-state index contributed by atoms with van der Waals surface area (Å²) in [5.74, 6) is 0.270. The van der Waals surface area contributed by atoms with Crippen LogP contribution < -0.4 is 10.6 Å². The lowest BCUT2D eigenvalue weighted by molar-refractivity contribution is -0.122. The monoisotopic (exact) mass is 256 g/mol. The number of aromatic hydroxyl groups is 1. The van der Waals surface area contributed by atoms with Crippen LogP contribution in [0.3, 0.4) is 0 Å². The van der Waals surface area contributed by atoms with Gasteiger partial charge in [0.1, 0.15) is 5.75 Å². The normalized spacial score (nSPS) is 18.5. The third kappa shape index (κ3) is 3.91. The zero-order chi connectivity index (χ0) is 11.4. The Kier molecular flexibility index (Phi) is 5.25. The first-order valence-corrected chi connectivity index (χ1v) is 5.55. The third-order valence-corrected chi connectivity index (χ3v) is 2.75. The average Bonchev–Trinajstić information content (AvgIpc) is 2.79. The quantitative estimate of drug-likeness (QED) is 0.761. The summed E-state index contributed by atoms with van der Waals surface area (Å²) >= 11 is 0. The van der Waals surface area contributed by atoms with Gasteiger partial charge in [-0.25, -0.2) is 0 Å². The molecule has 0 radical (unpaired) electrons. The topological polar surface area (TPSA) is 61.4 Å². The first-order valence-electron chi connectivity index (χ1n) is 5.55. The summed E-state index contributed by atoms with van der Waals surface area (Å²) < 4.78 is 0. The van der Waals surface area contributed by atoms with Crippen LogP contribution in [0.1, 0.15) is 18.4 Å². The van der Waals surface area contributed by atoms with Crippen LogP contribution in [0.4, 0.5) is 0 Å². The van der Waals surface area contributed by atoms with Crippen molar-refractivity contribution in [2.45, 2.75) is 25.4 Å². The summed E-state index contributed by atoms with van der Waals surface area (Å²) in [6.07, 6.45) is 1.97. The van der Waals surface area contributed by atoms with Crippen LogP contribution in [0.2, 0.25) is 0 Å². The molecule has 5 heteroatoms. The van der Waals surface area contributed by atoms with Crippen LogP contribution in [0, 0.1) is 0 Å². The van der Waals surface area contributed by atoms with Gasteiger partial charge in [-0.2, -0.15) is 0 Å². The zero-order valence-corrected chi connectivity index (χ0v) is 10.3. The number of amides is 1. The largest absolute Gasteiger partial charge is 0.508 e. The van der Waals surface area contributed by atoms with E-state index < -0.39 is 0 Å². The van der Waals surface area contributed by atoms with Crippen LogP contribution >= 0.6 is 12.4 Å². The highest BCUT2D eigenvalue weighted by atomic mass is 35.5. The number of benzene rings is 1. The molecule has 2 rings (SSSR count). The van der Waals surface area contributed by atoms with Gasteiger partial charge in [-0.05, 0) is 37.1 Å². The molecule has 1 aromatic carbocycles. The molecule has 94 valence electrons. The van der Waals surface area contributed by atoms with Crippen LogP contribution in [0.5, 0.6) is 5.75 Å². The minimum absolute atomic E-state index is 0. The molecule has 0 spiro atoms. The number of phenolic OH excluding ortho intramolecular Hbond substituents is 1. The lowest BCUT2D eigenvalue weighted by atomic mass is 10.2. The van der Waals surface area contributed by atoms with Crippen molar-refractivity contribution < 1.29 is 9.90 Å². The van der Waals surface area contributed by atoms with Crippen molar-refractivity contribution in [3.63, 3.8) is 0 Å². The van der Waals surface area contributed by atoms with Crippen molar-refractivity contribution in [1.29, 1.82) is 0 Å². The molecule has 17 heavy (non-hydrogen) atoms. The molecule has 0 bridgehead atoms. The molecule has 0 aliphatic carbocycles. The Bertz CT molecular complexity index is 379. The molecule has 0 saturated carbocycles. The molecule has 1 aliphatic rings. The molecule has 1 atom stereocenters. The van der Waals surface area contributed by atoms with Gasteiger partial charge < -0.3 is 15.7 Å². The Morgan fingerprint density at radius 2 is 2.35 bits per heavy atom. The Morgan fingerprint density at radius 1 is 1.53 bits per heavy atom. The number of phenols is 1. The lowest BCUT2D eigenvalue weighted by Gasteiger charge is -2.11. The van der Waals surface area contributed by atoms with E-state index in [1.165, 1.54) is 0 Å². The minimum atomic E-state index is -0.0442. The van der Waals surface area contributed by atoms with E-state index in [0.717, 1.165) is 24.9 Å². The van der Waals surface area contributed by atoms with Crippen molar-refractivity contribution >= 4 is 18.3 Å². The van der Waals surface area contributed by atoms with E-state index in [1.54, 1.807) is 18.2 Å². The Hall–Kier alpha value is -1.26. The van der Waals surface area contributed by atoms with Crippen molar-refractivity contribution in [1.82, 2.24) is 10.6 Å². The van der Waals surface area contributed by atoms with Gasteiger partial charge in [0.05, 0.1) is 6.04 Å². The molecular weight excluding hydrogens is 240 g/mol. The second-order valence-corrected chi connectivity index (χ2v) is 4.04. The molecular formula is C12H17ClN2O2. The van der Waals surface area contributed by atoms with Crippen molar-refractivity contribution in [2.75, 3.05) is 6.54 Å². The third-order valence-electron chi connectivity index (χ3n) is 2.75. The van der Waals surface area contributed by atoms with Crippen molar-refractivity contribution in [2.24, 2.45) is 0 Å². The van der Waals surface area contributed by atoms with Gasteiger partial charge in [-0.3, -0.25) is 4.79 Å². The molecule has 1 aromatic rings. The van der Waals surface area contributed by atoms with Crippen LogP contribution in [-0.2, 0) is 11.3 Å². The number of hydrogen-bond donors (Lipinski definition) is 3. The Morgan fingerprint density at radius 3 is 3.00 bits per heavy atom. The zero-order valence-electron chi connectivity index (χ0n) is 9.48. The van der Waals surface area contributed by atoms with Gasteiger partial charge in [-0.1, -0.05) is 12.1 Å². The molecule has 1 unspecified atom stereocenters. The summed E-state index contributed by atoms with van der Waals surface area (Å²) in [6, 6.07) is 6.87. The smallest absolute Gasteiger partial charge is 0.237 e. The summed E-state index contributed by atoms with van der Waals surface area (Å²) in [4.78, 5) is 11.7. The van der Waals surface area contributed by atoms with Crippen molar-refractivity contribution in [3.05, 3.63) is 29.8 Å². The van der Waals surface area contributed by atoms with Gasteiger partial charge in [-0.15, -0.1) is 12.4 Å². The van der Waals surface area contributed by atoms with Crippen LogP contribution in [0.25, 0.3) is 0 Å². The maximum Gasteiger partial charge on any atom is 0.237 e. The van der Waals surface area contributed by atoms with Crippen molar-refractivity contribution in [3.8, 4) is 5.75 Å². The fraction of sp³-hybridized carbons (Fsp3) is 0.417. The molecule has 0 aromatic heterocycles. The SMILES string of the molecule is Cl.O=C(NCc1cccc(O)c1)C1CCCN1. The van der Waals surface area contributed by atoms with Gasteiger partial charge in [0, 0.05) is 6.54 Å². The number of nitrogens with one attached hydrogen (secondary N) is 2. The molecule has 3 N–H and O–H groups in total. The fourth-order valence-electron chi connectivity index (χ4n) is 1.89. The second-order valence-electron chi connectivity index (χ2n) is 4.04. The van der Waals surface area contributed by atoms with Crippen LogP contribution in [-0.4, -0.2) is 23.6 Å². The van der Waals surface area contributed by atoms with Gasteiger partial charge in [0.25, 0.3) is 0 Å². The van der Waals surface area contributed by atoms with E-state index in [0.29, 0.717) is 6.54 Å². The first kappa shape index (κ1) is 13.8. The highest BCUT2D eigenvalue weighted by molar-refractivity contribution is 5.85. The van der Waals surface area contributed by atoms with Gasteiger partial charge in [0.15, 0.2) is 0 Å². The van der Waals surface area contributed by atoms with Crippen LogP contribution in [0.15, 0.2) is 24.3 Å². The standard InChI is InChI=1S/C12H16N2O2.ClH/c15-10-4-1-3-9(7-10)8-14-12(16)11-5-2-6-13-11;/h1,3-4,7,11,13,15H,2,5-6,8H2,(H,14,16);1H. The summed E-state index contributed by atoms with van der Waals surface area (Å²) in [5, 5.41) is 15.3. The molecule has 1 fully saturated rings. The molecule has 4 nitrogen and oxygen atoms in total. The molecule has 1 aliphatic heterocycles. The number of halogens is 1. The highest BCUT2D eigenvalue weighted by Gasteiger charge is 2.21. The number of carbonyl (C=O) groups excluding carboxylic acids is 1. The fourth-order valence-corrected chi connectivity index (χ4v) is 1.89. The highest BCUT2D eigenvalue weighted by Crippen LogP contribution is 2.11. The van der Waals surface area contributed by atoms with E-state index in [-0.39, 0.29) is 30.1 Å². The summed E-state index contributed by atoms with van der Waals surface area (Å²) in [7, 11) is 0. The lowest BCUT2D eigenvalue weighted by Crippen LogP contribution is -2.39. The summed E-state index contributed by atoms with van der Waals surface area (Å²) in [5.41, 5.74) is 0.909. The molecule has 1 saturated heterocycles. The van der Waals surface area contributed by atoms with E-state index in [1.807, 2.05) is 6.07 Å².